The second-order valence-corrected chi connectivity index (χ2v) is 4.97. The number of carboxylic acid groups (broad SMARTS) is 1. The van der Waals surface area contributed by atoms with Crippen LogP contribution < -0.4 is 5.32 Å². The molecule has 1 aliphatic carbocycles. The lowest BCUT2D eigenvalue weighted by molar-refractivity contribution is -0.139. The third-order valence-corrected chi connectivity index (χ3v) is 3.43. The lowest BCUT2D eigenvalue weighted by atomic mass is 10.0. The molecule has 21 heavy (non-hydrogen) atoms. The molecule has 0 aliphatic heterocycles. The maximum Gasteiger partial charge on any atom is 0.416 e. The van der Waals surface area contributed by atoms with E-state index in [1.165, 1.54) is 18.2 Å². The maximum atomic E-state index is 12.9. The Morgan fingerprint density at radius 2 is 1.95 bits per heavy atom. The van der Waals surface area contributed by atoms with Gasteiger partial charge < -0.3 is 10.4 Å². The number of halogens is 3. The zero-order valence-electron chi connectivity index (χ0n) is 11.0. The largest absolute Gasteiger partial charge is 0.481 e. The molecule has 0 aromatic heterocycles. The van der Waals surface area contributed by atoms with E-state index < -0.39 is 35.5 Å². The lowest BCUT2D eigenvalue weighted by Gasteiger charge is -2.12. The Bertz CT molecular complexity index is 557. The molecule has 1 saturated carbocycles. The smallest absolute Gasteiger partial charge is 0.416 e. The molecule has 0 unspecified atom stereocenters. The summed E-state index contributed by atoms with van der Waals surface area (Å²) in [5, 5.41) is 10.9. The number of carbonyl (C=O) groups is 2. The zero-order chi connectivity index (χ0) is 15.6. The maximum absolute atomic E-state index is 12.9. The van der Waals surface area contributed by atoms with Gasteiger partial charge in [-0.1, -0.05) is 18.2 Å². The first-order chi connectivity index (χ1) is 9.80. The van der Waals surface area contributed by atoms with E-state index in [1.54, 1.807) is 0 Å². The monoisotopic (exact) mass is 301 g/mol. The molecule has 2 atom stereocenters. The molecule has 7 heteroatoms. The predicted molar refractivity (Wildman–Crippen MR) is 67.6 cm³/mol. The van der Waals surface area contributed by atoms with Crippen LogP contribution in [0.3, 0.4) is 0 Å². The third-order valence-electron chi connectivity index (χ3n) is 3.43. The topological polar surface area (TPSA) is 66.4 Å². The fourth-order valence-electron chi connectivity index (χ4n) is 2.33. The summed E-state index contributed by atoms with van der Waals surface area (Å²) in [6.45, 7) is -0.0156. The number of hydrogen-bond donors (Lipinski definition) is 2. The molecule has 4 nitrogen and oxygen atoms in total. The molecule has 0 radical (unpaired) electrons. The van der Waals surface area contributed by atoms with Gasteiger partial charge >= 0.3 is 12.1 Å². The van der Waals surface area contributed by atoms with Crippen LogP contribution in [0, 0.1) is 5.92 Å². The first-order valence-corrected chi connectivity index (χ1v) is 6.46. The molecule has 114 valence electrons. The first kappa shape index (κ1) is 15.3. The summed E-state index contributed by atoms with van der Waals surface area (Å²) < 4.78 is 38.7. The van der Waals surface area contributed by atoms with E-state index in [0.29, 0.717) is 6.42 Å². The standard InChI is InChI=1S/C14H14F3NO3/c15-14(16,17)11-4-2-1-3-8(11)9-7-10(9)13(21)18-6-5-12(19)20/h1-4,9-10H,5-7H2,(H,18,21)(H,19,20)/t9-,10+/m1/s1. The van der Waals surface area contributed by atoms with Crippen LogP contribution in [-0.4, -0.2) is 23.5 Å². The van der Waals surface area contributed by atoms with Gasteiger partial charge in [0, 0.05) is 12.5 Å². The second kappa shape index (κ2) is 5.75. The Balaban J connectivity index is 2.00. The van der Waals surface area contributed by atoms with Crippen LogP contribution in [0.4, 0.5) is 13.2 Å². The summed E-state index contributed by atoms with van der Waals surface area (Å²) in [5.74, 6) is -2.39. The van der Waals surface area contributed by atoms with Crippen molar-refractivity contribution in [2.75, 3.05) is 6.54 Å². The fraction of sp³-hybridized carbons (Fsp3) is 0.429. The first-order valence-electron chi connectivity index (χ1n) is 6.46. The summed E-state index contributed by atoms with van der Waals surface area (Å²) in [6, 6.07) is 5.23. The highest BCUT2D eigenvalue weighted by molar-refractivity contribution is 5.83. The SMILES string of the molecule is O=C(O)CCNC(=O)[C@H]1C[C@@H]1c1ccccc1C(F)(F)F. The van der Waals surface area contributed by atoms with Crippen molar-refractivity contribution in [3.8, 4) is 0 Å². The number of amides is 1. The quantitative estimate of drug-likeness (QED) is 0.877. The molecule has 2 N–H and O–H groups in total. The number of hydrogen-bond acceptors (Lipinski definition) is 2. The fourth-order valence-corrected chi connectivity index (χ4v) is 2.33. The molecule has 1 aliphatic rings. The van der Waals surface area contributed by atoms with E-state index >= 15 is 0 Å². The van der Waals surface area contributed by atoms with Crippen molar-refractivity contribution in [2.45, 2.75) is 24.9 Å². The molecule has 2 rings (SSSR count). The van der Waals surface area contributed by atoms with Crippen molar-refractivity contribution in [3.63, 3.8) is 0 Å². The Labute approximate surface area is 119 Å². The summed E-state index contributed by atoms with van der Waals surface area (Å²) in [4.78, 5) is 22.1. The van der Waals surface area contributed by atoms with Gasteiger partial charge in [-0.3, -0.25) is 9.59 Å². The summed E-state index contributed by atoms with van der Waals surface area (Å²) in [5.41, 5.74) is -0.584. The number of benzene rings is 1. The van der Waals surface area contributed by atoms with Crippen molar-refractivity contribution in [1.82, 2.24) is 5.32 Å². The average Bonchev–Trinajstić information content (AvgIpc) is 3.17. The Kier molecular flexibility index (Phi) is 4.20. The minimum atomic E-state index is -4.44. The number of carbonyl (C=O) groups excluding carboxylic acids is 1. The van der Waals surface area contributed by atoms with Crippen molar-refractivity contribution < 1.29 is 27.9 Å². The normalized spacial score (nSPS) is 20.9. The molecule has 1 aromatic carbocycles. The minimum Gasteiger partial charge on any atom is -0.481 e. The Morgan fingerprint density at radius 3 is 2.57 bits per heavy atom. The highest BCUT2D eigenvalue weighted by atomic mass is 19.4. The van der Waals surface area contributed by atoms with E-state index in [-0.39, 0.29) is 18.5 Å². The van der Waals surface area contributed by atoms with Crippen molar-refractivity contribution in [2.24, 2.45) is 5.92 Å². The van der Waals surface area contributed by atoms with Crippen LogP contribution in [-0.2, 0) is 15.8 Å². The van der Waals surface area contributed by atoms with E-state index in [4.69, 9.17) is 5.11 Å². The lowest BCUT2D eigenvalue weighted by Crippen LogP contribution is -2.27. The Hall–Kier alpha value is -2.05. The zero-order valence-corrected chi connectivity index (χ0v) is 11.0. The number of alkyl halides is 3. The molecule has 0 saturated heterocycles. The molecule has 1 aromatic rings. The van der Waals surface area contributed by atoms with E-state index in [1.807, 2.05) is 0 Å². The number of carboxylic acids is 1. The summed E-state index contributed by atoms with van der Waals surface area (Å²) in [7, 11) is 0. The van der Waals surface area contributed by atoms with Crippen LogP contribution in [0.15, 0.2) is 24.3 Å². The molecule has 0 bridgehead atoms. The van der Waals surface area contributed by atoms with Gasteiger partial charge in [-0.2, -0.15) is 13.2 Å². The predicted octanol–water partition coefficient (Wildman–Crippen LogP) is 2.40. The van der Waals surface area contributed by atoms with Gasteiger partial charge in [0.15, 0.2) is 0 Å². The number of rotatable bonds is 5. The van der Waals surface area contributed by atoms with Crippen LogP contribution >= 0.6 is 0 Å². The van der Waals surface area contributed by atoms with Gasteiger partial charge in [0.05, 0.1) is 12.0 Å². The van der Waals surface area contributed by atoms with E-state index in [2.05, 4.69) is 5.32 Å². The molecule has 1 fully saturated rings. The molecular weight excluding hydrogens is 287 g/mol. The average molecular weight is 301 g/mol. The molecule has 0 spiro atoms. The van der Waals surface area contributed by atoms with E-state index in [0.717, 1.165) is 6.07 Å². The van der Waals surface area contributed by atoms with Gasteiger partial charge in [0.25, 0.3) is 0 Å². The molecule has 0 heterocycles. The van der Waals surface area contributed by atoms with Crippen LogP contribution in [0.5, 0.6) is 0 Å². The van der Waals surface area contributed by atoms with E-state index in [9.17, 15) is 22.8 Å². The van der Waals surface area contributed by atoms with Crippen molar-refractivity contribution >= 4 is 11.9 Å². The minimum absolute atomic E-state index is 0.0156. The molecular formula is C14H14F3NO3. The number of nitrogens with one attached hydrogen (secondary N) is 1. The summed E-state index contributed by atoms with van der Waals surface area (Å²) in [6.07, 6.45) is -4.29. The Morgan fingerprint density at radius 1 is 1.29 bits per heavy atom. The highest BCUT2D eigenvalue weighted by Crippen LogP contribution is 2.50. The van der Waals surface area contributed by atoms with Crippen molar-refractivity contribution in [1.29, 1.82) is 0 Å². The third kappa shape index (κ3) is 3.74. The molecule has 1 amide bonds. The highest BCUT2D eigenvalue weighted by Gasteiger charge is 2.47. The second-order valence-electron chi connectivity index (χ2n) is 4.97. The van der Waals surface area contributed by atoms with Crippen molar-refractivity contribution in [3.05, 3.63) is 35.4 Å². The van der Waals surface area contributed by atoms with Crippen LogP contribution in [0.25, 0.3) is 0 Å². The van der Waals surface area contributed by atoms with Gasteiger partial charge in [0.2, 0.25) is 5.91 Å². The van der Waals surface area contributed by atoms with Crippen LogP contribution in [0.1, 0.15) is 29.9 Å². The number of aliphatic carboxylic acids is 1. The van der Waals surface area contributed by atoms with Gasteiger partial charge in [-0.15, -0.1) is 0 Å². The summed E-state index contributed by atoms with van der Waals surface area (Å²) >= 11 is 0. The van der Waals surface area contributed by atoms with Gasteiger partial charge in [0.1, 0.15) is 0 Å². The van der Waals surface area contributed by atoms with Gasteiger partial charge in [-0.05, 0) is 24.0 Å². The van der Waals surface area contributed by atoms with Gasteiger partial charge in [-0.25, -0.2) is 0 Å². The van der Waals surface area contributed by atoms with Crippen LogP contribution in [0.2, 0.25) is 0 Å².